The summed E-state index contributed by atoms with van der Waals surface area (Å²) >= 11 is 0. The summed E-state index contributed by atoms with van der Waals surface area (Å²) in [6.45, 7) is 0. The van der Waals surface area contributed by atoms with E-state index in [0.717, 1.165) is 16.5 Å². The average molecular weight is 298 g/mol. The van der Waals surface area contributed by atoms with Gasteiger partial charge in [0, 0.05) is 17.1 Å². The SMILES string of the molecule is O=c1[nH]c(/C=C/c2c[nH]c3ccccc23)nc(O)c1[N+](=O)[O-]. The second kappa shape index (κ2) is 5.17. The Morgan fingerprint density at radius 1 is 1.27 bits per heavy atom. The van der Waals surface area contributed by atoms with Crippen LogP contribution in [0.4, 0.5) is 5.69 Å². The van der Waals surface area contributed by atoms with Crippen LogP contribution in [0, 0.1) is 10.1 Å². The van der Waals surface area contributed by atoms with E-state index in [1.54, 1.807) is 12.3 Å². The van der Waals surface area contributed by atoms with E-state index >= 15 is 0 Å². The largest absolute Gasteiger partial charge is 0.488 e. The van der Waals surface area contributed by atoms with Crippen molar-refractivity contribution in [3.05, 3.63) is 62.3 Å². The Balaban J connectivity index is 2.00. The molecule has 2 heterocycles. The summed E-state index contributed by atoms with van der Waals surface area (Å²) in [5.41, 5.74) is -0.161. The first-order chi connectivity index (χ1) is 10.6. The highest BCUT2D eigenvalue weighted by molar-refractivity contribution is 5.91. The smallest absolute Gasteiger partial charge is 0.395 e. The second-order valence-electron chi connectivity index (χ2n) is 4.50. The van der Waals surface area contributed by atoms with Gasteiger partial charge < -0.3 is 15.1 Å². The fourth-order valence-electron chi connectivity index (χ4n) is 2.12. The minimum atomic E-state index is -1.00. The molecule has 22 heavy (non-hydrogen) atoms. The lowest BCUT2D eigenvalue weighted by molar-refractivity contribution is -0.387. The zero-order valence-corrected chi connectivity index (χ0v) is 11.1. The number of benzene rings is 1. The van der Waals surface area contributed by atoms with Crippen LogP contribution in [0.1, 0.15) is 11.4 Å². The van der Waals surface area contributed by atoms with Gasteiger partial charge in [-0.2, -0.15) is 4.98 Å². The van der Waals surface area contributed by atoms with E-state index in [0.29, 0.717) is 0 Å². The summed E-state index contributed by atoms with van der Waals surface area (Å²) < 4.78 is 0. The third-order valence-corrected chi connectivity index (χ3v) is 3.12. The fourth-order valence-corrected chi connectivity index (χ4v) is 2.12. The molecule has 1 aromatic carbocycles. The van der Waals surface area contributed by atoms with Gasteiger partial charge in [0.2, 0.25) is 0 Å². The first-order valence-electron chi connectivity index (χ1n) is 6.28. The molecule has 3 N–H and O–H groups in total. The van der Waals surface area contributed by atoms with E-state index < -0.39 is 22.0 Å². The summed E-state index contributed by atoms with van der Waals surface area (Å²) in [5.74, 6) is -0.884. The molecule has 0 unspecified atom stereocenters. The molecular weight excluding hydrogens is 288 g/mol. The van der Waals surface area contributed by atoms with E-state index in [9.17, 15) is 20.0 Å². The minimum Gasteiger partial charge on any atom is -0.488 e. The molecule has 0 saturated heterocycles. The van der Waals surface area contributed by atoms with Gasteiger partial charge in [-0.05, 0) is 23.8 Å². The van der Waals surface area contributed by atoms with Crippen LogP contribution in [-0.4, -0.2) is 25.0 Å². The van der Waals surface area contributed by atoms with Crippen LogP contribution in [-0.2, 0) is 0 Å². The van der Waals surface area contributed by atoms with Gasteiger partial charge >= 0.3 is 11.2 Å². The Bertz CT molecular complexity index is 955. The number of hydrogen-bond donors (Lipinski definition) is 3. The molecule has 3 rings (SSSR count). The third-order valence-electron chi connectivity index (χ3n) is 3.12. The molecule has 0 bridgehead atoms. The number of H-pyrrole nitrogens is 2. The van der Waals surface area contributed by atoms with E-state index in [1.807, 2.05) is 24.3 Å². The van der Waals surface area contributed by atoms with Crippen LogP contribution in [0.2, 0.25) is 0 Å². The van der Waals surface area contributed by atoms with Gasteiger partial charge in [0.1, 0.15) is 5.82 Å². The molecule has 0 aliphatic rings. The number of nitro groups is 1. The molecule has 0 spiro atoms. The van der Waals surface area contributed by atoms with Gasteiger partial charge in [-0.15, -0.1) is 0 Å². The number of rotatable bonds is 3. The predicted molar refractivity (Wildman–Crippen MR) is 80.4 cm³/mol. The topological polar surface area (TPSA) is 125 Å². The normalized spacial score (nSPS) is 11.3. The quantitative estimate of drug-likeness (QED) is 0.504. The predicted octanol–water partition coefficient (Wildman–Crippen LogP) is 2.04. The van der Waals surface area contributed by atoms with Crippen molar-refractivity contribution in [2.24, 2.45) is 0 Å². The average Bonchev–Trinajstić information content (AvgIpc) is 2.87. The van der Waals surface area contributed by atoms with Crippen molar-refractivity contribution in [2.75, 3.05) is 0 Å². The zero-order chi connectivity index (χ0) is 15.7. The highest BCUT2D eigenvalue weighted by atomic mass is 16.6. The lowest BCUT2D eigenvalue weighted by Crippen LogP contribution is -2.14. The zero-order valence-electron chi connectivity index (χ0n) is 11.1. The number of nitrogens with zero attached hydrogens (tertiary/aromatic N) is 2. The van der Waals surface area contributed by atoms with Crippen molar-refractivity contribution in [2.45, 2.75) is 0 Å². The number of aromatic hydroxyl groups is 1. The van der Waals surface area contributed by atoms with E-state index in [-0.39, 0.29) is 5.82 Å². The van der Waals surface area contributed by atoms with Gasteiger partial charge in [0.15, 0.2) is 0 Å². The third kappa shape index (κ3) is 2.33. The van der Waals surface area contributed by atoms with Crippen molar-refractivity contribution in [3.63, 3.8) is 0 Å². The van der Waals surface area contributed by atoms with Crippen molar-refractivity contribution in [1.82, 2.24) is 15.0 Å². The molecule has 110 valence electrons. The number of fused-ring (bicyclic) bond motifs is 1. The molecular formula is C14H10N4O4. The van der Waals surface area contributed by atoms with E-state index in [1.165, 1.54) is 6.08 Å². The molecule has 0 atom stereocenters. The number of para-hydroxylation sites is 1. The van der Waals surface area contributed by atoms with E-state index in [2.05, 4.69) is 15.0 Å². The second-order valence-corrected chi connectivity index (χ2v) is 4.50. The highest BCUT2D eigenvalue weighted by Crippen LogP contribution is 2.20. The molecule has 0 amide bonds. The first-order valence-corrected chi connectivity index (χ1v) is 6.28. The number of hydrogen-bond acceptors (Lipinski definition) is 5. The molecule has 8 nitrogen and oxygen atoms in total. The van der Waals surface area contributed by atoms with E-state index in [4.69, 9.17) is 0 Å². The Morgan fingerprint density at radius 3 is 2.77 bits per heavy atom. The van der Waals surface area contributed by atoms with Crippen LogP contribution in [0.25, 0.3) is 23.1 Å². The molecule has 8 heteroatoms. The van der Waals surface area contributed by atoms with Gasteiger partial charge in [-0.3, -0.25) is 14.9 Å². The lowest BCUT2D eigenvalue weighted by atomic mass is 10.1. The molecule has 0 saturated carbocycles. The van der Waals surface area contributed by atoms with Crippen molar-refractivity contribution in [3.8, 4) is 5.88 Å². The molecule has 2 aromatic heterocycles. The fraction of sp³-hybridized carbons (Fsp3) is 0. The Kier molecular flexibility index (Phi) is 3.18. The molecule has 0 radical (unpaired) electrons. The van der Waals surface area contributed by atoms with Gasteiger partial charge in [-0.25, -0.2) is 0 Å². The van der Waals surface area contributed by atoms with Gasteiger partial charge in [0.25, 0.3) is 5.88 Å². The van der Waals surface area contributed by atoms with Crippen molar-refractivity contribution < 1.29 is 10.0 Å². The standard InChI is InChI=1S/C14H10N4O4/c19-13-12(18(21)22)14(20)17-11(16-13)6-5-8-7-15-10-4-2-1-3-9(8)10/h1-7,15H,(H2,16,17,19,20)/b6-5+. The Morgan fingerprint density at radius 2 is 2.05 bits per heavy atom. The summed E-state index contributed by atoms with van der Waals surface area (Å²) in [5, 5.41) is 21.0. The molecule has 0 fully saturated rings. The van der Waals surface area contributed by atoms with Crippen LogP contribution < -0.4 is 5.56 Å². The number of aromatic amines is 2. The van der Waals surface area contributed by atoms with Crippen molar-refractivity contribution in [1.29, 1.82) is 0 Å². The first kappa shape index (κ1) is 13.6. The molecule has 0 aliphatic heterocycles. The van der Waals surface area contributed by atoms with Crippen LogP contribution in [0.5, 0.6) is 5.88 Å². The minimum absolute atomic E-state index is 0.0263. The summed E-state index contributed by atoms with van der Waals surface area (Å²) in [6.07, 6.45) is 4.92. The number of aromatic nitrogens is 3. The monoisotopic (exact) mass is 298 g/mol. The Labute approximate surface area is 122 Å². The van der Waals surface area contributed by atoms with Crippen LogP contribution in [0.3, 0.4) is 0 Å². The lowest BCUT2D eigenvalue weighted by Gasteiger charge is -1.96. The van der Waals surface area contributed by atoms with Crippen LogP contribution in [0.15, 0.2) is 35.3 Å². The number of nitrogens with one attached hydrogen (secondary N) is 2. The maximum atomic E-state index is 11.5. The Hall–Kier alpha value is -3.42. The van der Waals surface area contributed by atoms with Gasteiger partial charge in [-0.1, -0.05) is 18.2 Å². The molecule has 3 aromatic rings. The van der Waals surface area contributed by atoms with Gasteiger partial charge in [0.05, 0.1) is 4.92 Å². The summed E-state index contributed by atoms with van der Waals surface area (Å²) in [6, 6.07) is 7.64. The maximum Gasteiger partial charge on any atom is 0.395 e. The molecule has 0 aliphatic carbocycles. The van der Waals surface area contributed by atoms with Crippen LogP contribution >= 0.6 is 0 Å². The summed E-state index contributed by atoms with van der Waals surface area (Å²) in [4.78, 5) is 30.1. The van der Waals surface area contributed by atoms with Crippen molar-refractivity contribution >= 4 is 28.7 Å². The highest BCUT2D eigenvalue weighted by Gasteiger charge is 2.21. The maximum absolute atomic E-state index is 11.5. The summed E-state index contributed by atoms with van der Waals surface area (Å²) in [7, 11) is 0.